The molecule has 78 valence electrons. The highest BCUT2D eigenvalue weighted by Crippen LogP contribution is 2.27. The highest BCUT2D eigenvalue weighted by Gasteiger charge is 2.10. The number of hydrogen-bond acceptors (Lipinski definition) is 1. The van der Waals surface area contributed by atoms with Gasteiger partial charge in [-0.1, -0.05) is 37.3 Å². The predicted octanol–water partition coefficient (Wildman–Crippen LogP) is 3.42. The molecule has 1 N–H and O–H groups in total. The van der Waals surface area contributed by atoms with Crippen LogP contribution in [0.5, 0.6) is 0 Å². The van der Waals surface area contributed by atoms with Crippen LogP contribution in [0.2, 0.25) is 0 Å². The van der Waals surface area contributed by atoms with E-state index in [1.165, 1.54) is 6.07 Å². The molecular weight excluding hydrogens is 191 g/mol. The van der Waals surface area contributed by atoms with Crippen molar-refractivity contribution in [1.82, 2.24) is 0 Å². The van der Waals surface area contributed by atoms with Gasteiger partial charge in [0.05, 0.1) is 6.10 Å². The normalized spacial score (nSPS) is 13.0. The van der Waals surface area contributed by atoms with E-state index in [1.54, 1.807) is 18.2 Å². The molecule has 0 aliphatic rings. The summed E-state index contributed by atoms with van der Waals surface area (Å²) in [6, 6.07) is 10.3. The molecule has 2 rings (SSSR count). The number of halogens is 1. The van der Waals surface area contributed by atoms with Gasteiger partial charge in [-0.25, -0.2) is 4.39 Å². The largest absolute Gasteiger partial charge is 0.388 e. The van der Waals surface area contributed by atoms with E-state index in [4.69, 9.17) is 0 Å². The summed E-state index contributed by atoms with van der Waals surface area (Å²) in [5.41, 5.74) is 0.800. The number of hydrogen-bond donors (Lipinski definition) is 1. The Balaban J connectivity index is 2.71. The third-order valence-electron chi connectivity index (χ3n) is 2.65. The molecule has 0 spiro atoms. The second-order valence-corrected chi connectivity index (χ2v) is 3.61. The lowest BCUT2D eigenvalue weighted by molar-refractivity contribution is 0.175. The summed E-state index contributed by atoms with van der Waals surface area (Å²) in [4.78, 5) is 0. The van der Waals surface area contributed by atoms with Crippen LogP contribution in [0.4, 0.5) is 4.39 Å². The highest BCUT2D eigenvalue weighted by atomic mass is 19.1. The lowest BCUT2D eigenvalue weighted by atomic mass is 9.99. The van der Waals surface area contributed by atoms with Crippen molar-refractivity contribution >= 4 is 10.8 Å². The lowest BCUT2D eigenvalue weighted by Gasteiger charge is -2.11. The molecule has 0 aromatic heterocycles. The number of aliphatic hydroxyl groups excluding tert-OH is 1. The van der Waals surface area contributed by atoms with Crippen molar-refractivity contribution in [2.45, 2.75) is 19.4 Å². The van der Waals surface area contributed by atoms with Gasteiger partial charge in [0.15, 0.2) is 0 Å². The second kappa shape index (κ2) is 3.99. The maximum Gasteiger partial charge on any atom is 0.131 e. The third kappa shape index (κ3) is 1.73. The molecule has 1 atom stereocenters. The Morgan fingerprint density at radius 3 is 2.47 bits per heavy atom. The molecule has 0 radical (unpaired) electrons. The molecular formula is C13H13FO. The Morgan fingerprint density at radius 2 is 1.80 bits per heavy atom. The first-order valence-corrected chi connectivity index (χ1v) is 5.09. The van der Waals surface area contributed by atoms with Gasteiger partial charge in [-0.05, 0) is 23.4 Å². The molecule has 2 aromatic carbocycles. The maximum atomic E-state index is 13.5. The molecule has 0 fully saturated rings. The van der Waals surface area contributed by atoms with Crippen LogP contribution in [0, 0.1) is 5.82 Å². The molecule has 2 heteroatoms. The summed E-state index contributed by atoms with van der Waals surface area (Å²) in [6.07, 6.45) is 0.116. The summed E-state index contributed by atoms with van der Waals surface area (Å²) in [6.45, 7) is 1.91. The SMILES string of the molecule is CCC(O)c1ccc(F)c2ccccc12. The first-order chi connectivity index (χ1) is 7.24. The quantitative estimate of drug-likeness (QED) is 0.794. The van der Waals surface area contributed by atoms with E-state index in [0.29, 0.717) is 11.8 Å². The fraction of sp³-hybridized carbons (Fsp3) is 0.231. The van der Waals surface area contributed by atoms with Gasteiger partial charge in [-0.2, -0.15) is 0 Å². The van der Waals surface area contributed by atoms with Crippen molar-refractivity contribution in [3.8, 4) is 0 Å². The second-order valence-electron chi connectivity index (χ2n) is 3.61. The van der Waals surface area contributed by atoms with Gasteiger partial charge in [0.25, 0.3) is 0 Å². The van der Waals surface area contributed by atoms with Crippen molar-refractivity contribution in [2.75, 3.05) is 0 Å². The standard InChI is InChI=1S/C13H13FO/c1-2-13(15)11-7-8-12(14)10-6-4-3-5-9(10)11/h3-8,13,15H,2H2,1H3. The number of aliphatic hydroxyl groups is 1. The maximum absolute atomic E-state index is 13.5. The average molecular weight is 204 g/mol. The molecule has 0 amide bonds. The third-order valence-corrected chi connectivity index (χ3v) is 2.65. The average Bonchev–Trinajstić information content (AvgIpc) is 2.29. The van der Waals surface area contributed by atoms with Crippen molar-refractivity contribution < 1.29 is 9.50 Å². The van der Waals surface area contributed by atoms with Gasteiger partial charge in [0.1, 0.15) is 5.82 Å². The molecule has 0 bridgehead atoms. The van der Waals surface area contributed by atoms with Crippen LogP contribution in [0.25, 0.3) is 10.8 Å². The van der Waals surface area contributed by atoms with Crippen molar-refractivity contribution in [3.05, 3.63) is 47.8 Å². The Hall–Kier alpha value is -1.41. The van der Waals surface area contributed by atoms with Crippen LogP contribution >= 0.6 is 0 Å². The molecule has 0 aliphatic carbocycles. The Labute approximate surface area is 88.2 Å². The monoisotopic (exact) mass is 204 g/mol. The van der Waals surface area contributed by atoms with Crippen LogP contribution in [0.15, 0.2) is 36.4 Å². The molecule has 0 heterocycles. The first-order valence-electron chi connectivity index (χ1n) is 5.09. The van der Waals surface area contributed by atoms with Gasteiger partial charge in [0, 0.05) is 5.39 Å². The van der Waals surface area contributed by atoms with Gasteiger partial charge in [-0.3, -0.25) is 0 Å². The number of rotatable bonds is 2. The molecule has 1 nitrogen and oxygen atoms in total. The zero-order chi connectivity index (χ0) is 10.8. The van der Waals surface area contributed by atoms with Gasteiger partial charge >= 0.3 is 0 Å². The summed E-state index contributed by atoms with van der Waals surface area (Å²) in [5, 5.41) is 11.2. The Morgan fingerprint density at radius 1 is 1.13 bits per heavy atom. The van der Waals surface area contributed by atoms with Crippen LogP contribution in [-0.4, -0.2) is 5.11 Å². The lowest BCUT2D eigenvalue weighted by Crippen LogP contribution is -1.97. The summed E-state index contributed by atoms with van der Waals surface area (Å²) >= 11 is 0. The minimum Gasteiger partial charge on any atom is -0.388 e. The van der Waals surface area contributed by atoms with E-state index in [2.05, 4.69) is 0 Å². The number of benzene rings is 2. The fourth-order valence-electron chi connectivity index (χ4n) is 1.80. The Kier molecular flexibility index (Phi) is 2.69. The summed E-state index contributed by atoms with van der Waals surface area (Å²) in [7, 11) is 0. The first kappa shape index (κ1) is 10.1. The van der Waals surface area contributed by atoms with Crippen molar-refractivity contribution in [2.24, 2.45) is 0 Å². The smallest absolute Gasteiger partial charge is 0.131 e. The van der Waals surface area contributed by atoms with E-state index in [-0.39, 0.29) is 5.82 Å². The summed E-state index contributed by atoms with van der Waals surface area (Å²) in [5.74, 6) is -0.238. The van der Waals surface area contributed by atoms with E-state index in [0.717, 1.165) is 10.9 Å². The van der Waals surface area contributed by atoms with Crippen LogP contribution in [0.1, 0.15) is 25.0 Å². The molecule has 0 saturated heterocycles. The van der Waals surface area contributed by atoms with E-state index < -0.39 is 6.10 Å². The minimum absolute atomic E-state index is 0.238. The van der Waals surface area contributed by atoms with Crippen molar-refractivity contribution in [1.29, 1.82) is 0 Å². The van der Waals surface area contributed by atoms with E-state index in [1.807, 2.05) is 19.1 Å². The van der Waals surface area contributed by atoms with Crippen LogP contribution in [0.3, 0.4) is 0 Å². The van der Waals surface area contributed by atoms with Crippen LogP contribution in [-0.2, 0) is 0 Å². The van der Waals surface area contributed by atoms with Crippen molar-refractivity contribution in [3.63, 3.8) is 0 Å². The van der Waals surface area contributed by atoms with Gasteiger partial charge < -0.3 is 5.11 Å². The predicted molar refractivity (Wildman–Crippen MR) is 59.2 cm³/mol. The fourth-order valence-corrected chi connectivity index (χ4v) is 1.80. The summed E-state index contributed by atoms with van der Waals surface area (Å²) < 4.78 is 13.5. The zero-order valence-corrected chi connectivity index (χ0v) is 8.57. The Bertz CT molecular complexity index is 479. The van der Waals surface area contributed by atoms with E-state index >= 15 is 0 Å². The minimum atomic E-state index is -0.518. The zero-order valence-electron chi connectivity index (χ0n) is 8.57. The van der Waals surface area contributed by atoms with Crippen LogP contribution < -0.4 is 0 Å². The molecule has 0 aliphatic heterocycles. The number of fused-ring (bicyclic) bond motifs is 1. The van der Waals surface area contributed by atoms with Gasteiger partial charge in [0.2, 0.25) is 0 Å². The highest BCUT2D eigenvalue weighted by molar-refractivity contribution is 5.86. The topological polar surface area (TPSA) is 20.2 Å². The van der Waals surface area contributed by atoms with Gasteiger partial charge in [-0.15, -0.1) is 0 Å². The molecule has 0 saturated carbocycles. The molecule has 1 unspecified atom stereocenters. The molecule has 2 aromatic rings. The van der Waals surface area contributed by atoms with E-state index in [9.17, 15) is 9.50 Å². The molecule has 15 heavy (non-hydrogen) atoms.